The molecular formula is C51H53N2+. The zero-order chi connectivity index (χ0) is 36.3. The highest BCUT2D eigenvalue weighted by molar-refractivity contribution is 6.08. The van der Waals surface area contributed by atoms with Crippen molar-refractivity contribution in [2.24, 2.45) is 0 Å². The molecule has 1 fully saturated rings. The van der Waals surface area contributed by atoms with Gasteiger partial charge < -0.3 is 4.90 Å². The Hall–Kier alpha value is -5.21. The lowest BCUT2D eigenvalue weighted by Gasteiger charge is -2.30. The second kappa shape index (κ2) is 15.0. The van der Waals surface area contributed by atoms with Crippen LogP contribution in [0.1, 0.15) is 76.0 Å². The number of hydrogen-bond donors (Lipinski definition) is 0. The third-order valence-corrected chi connectivity index (χ3v) is 12.0. The molecule has 0 N–H and O–H groups in total. The topological polar surface area (TPSA) is 6.25 Å². The van der Waals surface area contributed by atoms with Crippen LogP contribution >= 0.6 is 0 Å². The fourth-order valence-electron chi connectivity index (χ4n) is 9.86. The Morgan fingerprint density at radius 2 is 1.26 bits per heavy atom. The molecule has 1 aliphatic carbocycles. The van der Waals surface area contributed by atoms with Crippen LogP contribution in [-0.2, 0) is 17.3 Å². The van der Waals surface area contributed by atoms with Crippen LogP contribution in [-0.4, -0.2) is 23.4 Å². The van der Waals surface area contributed by atoms with Crippen molar-refractivity contribution in [1.29, 1.82) is 0 Å². The molecule has 266 valence electrons. The molecule has 5 aromatic rings. The Bertz CT molecular complexity index is 2310. The van der Waals surface area contributed by atoms with Gasteiger partial charge in [0, 0.05) is 47.5 Å². The monoisotopic (exact) mass is 693 g/mol. The van der Waals surface area contributed by atoms with Crippen molar-refractivity contribution in [1.82, 2.24) is 0 Å². The Morgan fingerprint density at radius 3 is 1.96 bits per heavy atom. The molecule has 2 heterocycles. The van der Waals surface area contributed by atoms with Crippen LogP contribution in [0.25, 0.3) is 21.5 Å². The largest absolute Gasteiger partial charge is 0.344 e. The third kappa shape index (κ3) is 6.23. The van der Waals surface area contributed by atoms with E-state index in [-0.39, 0.29) is 10.8 Å². The predicted octanol–water partition coefficient (Wildman–Crippen LogP) is 12.9. The van der Waals surface area contributed by atoms with Crippen molar-refractivity contribution in [3.05, 3.63) is 180 Å². The summed E-state index contributed by atoms with van der Waals surface area (Å²) in [6.45, 7) is 9.09. The minimum atomic E-state index is -0.155. The van der Waals surface area contributed by atoms with Gasteiger partial charge in [0.1, 0.15) is 6.54 Å². The van der Waals surface area contributed by atoms with Gasteiger partial charge in [0.05, 0.1) is 5.41 Å². The SMILES string of the molecule is CCCN1/C(=C/C=C/C=C/C=C/C=C/C2=[N+](CCC)c3ccc4ccccc4c3C2(C)Cc2ccccc2)C2(CCCC2)c2c1ccc1ccccc21. The molecule has 0 radical (unpaired) electrons. The van der Waals surface area contributed by atoms with Crippen molar-refractivity contribution in [2.45, 2.75) is 76.5 Å². The van der Waals surface area contributed by atoms with E-state index in [1.165, 1.54) is 81.1 Å². The maximum Gasteiger partial charge on any atom is 0.210 e. The number of nitrogens with zero attached hydrogens (tertiary/aromatic N) is 2. The second-order valence-electron chi connectivity index (χ2n) is 15.4. The summed E-state index contributed by atoms with van der Waals surface area (Å²) in [5.74, 6) is 0. The Labute approximate surface area is 316 Å². The van der Waals surface area contributed by atoms with Crippen LogP contribution in [0, 0.1) is 0 Å². The van der Waals surface area contributed by atoms with Gasteiger partial charge in [-0.25, -0.2) is 0 Å². The Morgan fingerprint density at radius 1 is 0.642 bits per heavy atom. The van der Waals surface area contributed by atoms with Crippen molar-refractivity contribution >= 4 is 38.6 Å². The van der Waals surface area contributed by atoms with E-state index < -0.39 is 0 Å². The number of benzene rings is 5. The summed E-state index contributed by atoms with van der Waals surface area (Å²) in [4.78, 5) is 2.63. The van der Waals surface area contributed by atoms with Crippen LogP contribution in [0.3, 0.4) is 0 Å². The van der Waals surface area contributed by atoms with E-state index in [4.69, 9.17) is 0 Å². The molecule has 0 saturated heterocycles. The molecule has 3 aliphatic rings. The zero-order valence-electron chi connectivity index (χ0n) is 31.8. The molecule has 1 spiro atoms. The molecule has 0 aromatic heterocycles. The van der Waals surface area contributed by atoms with Crippen molar-refractivity contribution < 1.29 is 4.58 Å². The number of fused-ring (bicyclic) bond motifs is 7. The van der Waals surface area contributed by atoms with E-state index in [1.54, 1.807) is 5.56 Å². The third-order valence-electron chi connectivity index (χ3n) is 12.0. The Balaban J connectivity index is 1.05. The average molecular weight is 694 g/mol. The maximum absolute atomic E-state index is 2.63. The number of anilines is 1. The molecule has 0 bridgehead atoms. The smallest absolute Gasteiger partial charge is 0.210 e. The van der Waals surface area contributed by atoms with Gasteiger partial charge in [-0.2, -0.15) is 4.58 Å². The van der Waals surface area contributed by atoms with Crippen LogP contribution in [0.5, 0.6) is 0 Å². The van der Waals surface area contributed by atoms with Gasteiger partial charge in [-0.15, -0.1) is 0 Å². The fourth-order valence-corrected chi connectivity index (χ4v) is 9.86. The van der Waals surface area contributed by atoms with Gasteiger partial charge in [-0.3, -0.25) is 0 Å². The molecule has 2 nitrogen and oxygen atoms in total. The minimum absolute atomic E-state index is 0.120. The minimum Gasteiger partial charge on any atom is -0.344 e. The molecule has 8 rings (SSSR count). The highest BCUT2D eigenvalue weighted by Crippen LogP contribution is 2.58. The fraction of sp³-hybridized carbons (Fsp3) is 0.275. The lowest BCUT2D eigenvalue weighted by Crippen LogP contribution is -2.34. The standard InChI is InChI=1S/C51H53N2/c1-4-36-52-44-32-30-40-24-16-18-26-42(40)48(44)50(3,38-39-22-12-11-13-23-39)46(52)28-14-9-7-6-8-10-15-29-47-51(34-20-21-35-51)49-43-27-19-17-25-41(43)31-33-45(49)53(47)37-5-2/h6-19,22-33H,4-5,20-21,34-38H2,1-3H3/q+1. The van der Waals surface area contributed by atoms with Crippen LogP contribution in [0.4, 0.5) is 11.4 Å². The molecule has 53 heavy (non-hydrogen) atoms. The number of allylic oxidation sites excluding steroid dienone is 10. The first-order valence-electron chi connectivity index (χ1n) is 20.0. The maximum atomic E-state index is 2.63. The predicted molar refractivity (Wildman–Crippen MR) is 228 cm³/mol. The Kier molecular flexibility index (Phi) is 9.88. The number of rotatable bonds is 11. The lowest BCUT2D eigenvalue weighted by atomic mass is 9.73. The van der Waals surface area contributed by atoms with Crippen LogP contribution in [0.15, 0.2) is 164 Å². The molecule has 2 heteroatoms. The second-order valence-corrected chi connectivity index (χ2v) is 15.4. The van der Waals surface area contributed by atoms with Crippen molar-refractivity contribution in [3.63, 3.8) is 0 Å². The first-order chi connectivity index (χ1) is 26.1. The van der Waals surface area contributed by atoms with Crippen LogP contribution in [0.2, 0.25) is 0 Å². The van der Waals surface area contributed by atoms with Gasteiger partial charge in [0.25, 0.3) is 0 Å². The summed E-state index contributed by atoms with van der Waals surface area (Å²) in [6.07, 6.45) is 28.4. The molecular weight excluding hydrogens is 641 g/mol. The van der Waals surface area contributed by atoms with Crippen molar-refractivity contribution in [3.8, 4) is 0 Å². The van der Waals surface area contributed by atoms with E-state index in [1.807, 2.05) is 0 Å². The highest BCUT2D eigenvalue weighted by Gasteiger charge is 2.50. The summed E-state index contributed by atoms with van der Waals surface area (Å²) < 4.78 is 2.57. The summed E-state index contributed by atoms with van der Waals surface area (Å²) in [6, 6.07) is 38.2. The average Bonchev–Trinajstić information content (AvgIpc) is 3.84. The van der Waals surface area contributed by atoms with Gasteiger partial charge in [0.15, 0.2) is 5.71 Å². The molecule has 1 atom stereocenters. The zero-order valence-corrected chi connectivity index (χ0v) is 31.8. The van der Waals surface area contributed by atoms with Crippen LogP contribution < -0.4 is 4.90 Å². The van der Waals surface area contributed by atoms with E-state index in [0.29, 0.717) is 0 Å². The van der Waals surface area contributed by atoms with Gasteiger partial charge >= 0.3 is 0 Å². The summed E-state index contributed by atoms with van der Waals surface area (Å²) >= 11 is 0. The van der Waals surface area contributed by atoms with E-state index in [9.17, 15) is 0 Å². The molecule has 5 aromatic carbocycles. The summed E-state index contributed by atoms with van der Waals surface area (Å²) in [7, 11) is 0. The molecule has 1 unspecified atom stereocenters. The molecule has 0 amide bonds. The first kappa shape index (κ1) is 34.9. The van der Waals surface area contributed by atoms with E-state index in [0.717, 1.165) is 32.4 Å². The summed E-state index contributed by atoms with van der Waals surface area (Å²) in [5.41, 5.74) is 9.98. The quantitative estimate of drug-likeness (QED) is 0.0986. The number of hydrogen-bond acceptors (Lipinski definition) is 1. The van der Waals surface area contributed by atoms with Gasteiger partial charge in [0.2, 0.25) is 5.69 Å². The highest BCUT2D eigenvalue weighted by atomic mass is 15.2. The molecule has 2 aliphatic heterocycles. The normalized spacial score (nSPS) is 20.3. The van der Waals surface area contributed by atoms with E-state index >= 15 is 0 Å². The summed E-state index contributed by atoms with van der Waals surface area (Å²) in [5, 5.41) is 5.46. The lowest BCUT2D eigenvalue weighted by molar-refractivity contribution is -0.437. The van der Waals surface area contributed by atoms with Gasteiger partial charge in [-0.05, 0) is 83.5 Å². The first-order valence-corrected chi connectivity index (χ1v) is 20.0. The van der Waals surface area contributed by atoms with E-state index in [2.05, 4.69) is 188 Å². The molecule has 1 saturated carbocycles. The van der Waals surface area contributed by atoms with Crippen molar-refractivity contribution in [2.75, 3.05) is 18.0 Å². The van der Waals surface area contributed by atoms with Gasteiger partial charge in [-0.1, -0.05) is 154 Å².